The van der Waals surface area contributed by atoms with Crippen molar-refractivity contribution in [3.8, 4) is 0 Å². The van der Waals surface area contributed by atoms with Crippen LogP contribution in [0.1, 0.15) is 44.0 Å². The minimum Gasteiger partial charge on any atom is -0.769 e. The molecule has 0 radical (unpaired) electrons. The first-order valence-electron chi connectivity index (χ1n) is 8.73. The predicted molar refractivity (Wildman–Crippen MR) is 96.3 cm³/mol. The van der Waals surface area contributed by atoms with Crippen molar-refractivity contribution in [3.63, 3.8) is 0 Å². The van der Waals surface area contributed by atoms with Crippen LogP contribution in [0.4, 0.5) is 11.4 Å². The summed E-state index contributed by atoms with van der Waals surface area (Å²) in [7, 11) is 1.58. The Bertz CT molecular complexity index is 710. The molecule has 1 aromatic rings. The highest BCUT2D eigenvalue weighted by Crippen LogP contribution is 2.67. The molecule has 0 amide bonds. The monoisotopic (exact) mass is 380 g/mol. The van der Waals surface area contributed by atoms with Crippen LogP contribution in [-0.4, -0.2) is 35.2 Å². The first-order valence-corrected chi connectivity index (χ1v) is 8.73. The van der Waals surface area contributed by atoms with E-state index < -0.39 is 22.5 Å². The van der Waals surface area contributed by atoms with E-state index in [0.29, 0.717) is 18.3 Å². The van der Waals surface area contributed by atoms with Crippen LogP contribution in [0.3, 0.4) is 0 Å². The summed E-state index contributed by atoms with van der Waals surface area (Å²) in [4.78, 5) is 12.7. The van der Waals surface area contributed by atoms with Gasteiger partial charge in [-0.2, -0.15) is 0 Å². The van der Waals surface area contributed by atoms with Crippen molar-refractivity contribution < 1.29 is 24.7 Å². The lowest BCUT2D eigenvalue weighted by molar-refractivity contribution is -0.116. The predicted octanol–water partition coefficient (Wildman–Crippen LogP) is 3.07. The molecule has 150 valence electrons. The first-order chi connectivity index (χ1) is 12.5. The normalized spacial score (nSPS) is 31.0. The Labute approximate surface area is 157 Å². The number of ether oxygens (including phenoxy) is 2. The molecule has 1 aromatic carbocycles. The number of anilines is 2. The minimum atomic E-state index is -0.871. The number of fused-ring (bicyclic) bond motifs is 1. The topological polar surface area (TPSA) is 129 Å². The number of hydrogen-bond donors (Lipinski definition) is 2. The molecule has 3 rings (SSSR count). The van der Waals surface area contributed by atoms with Gasteiger partial charge in [-0.3, -0.25) is 10.4 Å². The van der Waals surface area contributed by atoms with E-state index in [2.05, 4.69) is 13.8 Å². The maximum Gasteiger partial charge on any atom is 0.338 e. The zero-order chi connectivity index (χ0) is 20.1. The fourth-order valence-corrected chi connectivity index (χ4v) is 4.44. The van der Waals surface area contributed by atoms with Crippen molar-refractivity contribution in [2.75, 3.05) is 17.6 Å². The number of carbonyl (C=O) groups is 1. The summed E-state index contributed by atoms with van der Waals surface area (Å²) in [6, 6.07) is 3.11. The van der Waals surface area contributed by atoms with Crippen LogP contribution in [-0.2, 0) is 9.47 Å². The maximum absolute atomic E-state index is 12.7. The van der Waals surface area contributed by atoms with Gasteiger partial charge in [0.05, 0.1) is 17.4 Å². The number of nitrogens with zero attached hydrogens (tertiary/aromatic N) is 2. The lowest BCUT2D eigenvalue weighted by Gasteiger charge is -2.40. The average Bonchev–Trinajstić information content (AvgIpc) is 3.11. The minimum absolute atomic E-state index is 0.138. The van der Waals surface area contributed by atoms with Crippen molar-refractivity contribution in [1.82, 2.24) is 0 Å². The van der Waals surface area contributed by atoms with Crippen LogP contribution in [0.5, 0.6) is 0 Å². The van der Waals surface area contributed by atoms with Gasteiger partial charge in [0.1, 0.15) is 5.60 Å². The van der Waals surface area contributed by atoms with Gasteiger partial charge < -0.3 is 25.1 Å². The Kier molecular flexibility index (Phi) is 4.86. The summed E-state index contributed by atoms with van der Waals surface area (Å²) in [6.07, 6.45) is 1.14. The van der Waals surface area contributed by atoms with E-state index in [1.807, 2.05) is 6.92 Å². The highest BCUT2D eigenvalue weighted by molar-refractivity contribution is 5.92. The van der Waals surface area contributed by atoms with Crippen LogP contribution < -0.4 is 10.5 Å². The standard InChI is InChI=1S/C18H24N2O7/c1-17(2)13-8-15(26-4)18(3,9-14(13)17)27-16(21)10-5-11(19(22)23)7-12(6-10)20(24)25/h5-7,13-15,22-23H,8-9H2,1-4H3/q-2/t13-,14-,15-,18+/m1/s1. The van der Waals surface area contributed by atoms with Crippen LogP contribution in [0, 0.1) is 27.7 Å². The molecule has 0 saturated heterocycles. The summed E-state index contributed by atoms with van der Waals surface area (Å²) < 4.78 is 11.3. The van der Waals surface area contributed by atoms with Gasteiger partial charge >= 0.3 is 5.97 Å². The van der Waals surface area contributed by atoms with Crippen LogP contribution in [0.2, 0.25) is 0 Å². The first kappa shape index (κ1) is 19.8. The van der Waals surface area contributed by atoms with Crippen molar-refractivity contribution >= 4 is 17.3 Å². The molecule has 0 bridgehead atoms. The fraction of sp³-hybridized carbons (Fsp3) is 0.611. The molecule has 27 heavy (non-hydrogen) atoms. The summed E-state index contributed by atoms with van der Waals surface area (Å²) in [5, 5.41) is 39.5. The zero-order valence-electron chi connectivity index (χ0n) is 15.7. The van der Waals surface area contributed by atoms with Crippen molar-refractivity contribution in [3.05, 3.63) is 34.2 Å². The van der Waals surface area contributed by atoms with Crippen molar-refractivity contribution in [2.45, 2.75) is 45.3 Å². The van der Waals surface area contributed by atoms with E-state index in [4.69, 9.17) is 9.47 Å². The molecule has 0 aromatic heterocycles. The molecule has 9 nitrogen and oxygen atoms in total. The second-order valence-electron chi connectivity index (χ2n) is 8.19. The molecule has 9 heteroatoms. The molecule has 2 aliphatic carbocycles. The van der Waals surface area contributed by atoms with Gasteiger partial charge in [-0.15, -0.1) is 5.23 Å². The fourth-order valence-electron chi connectivity index (χ4n) is 4.44. The second-order valence-corrected chi connectivity index (χ2v) is 8.19. The molecule has 2 aliphatic rings. The van der Waals surface area contributed by atoms with E-state index in [0.717, 1.165) is 24.6 Å². The summed E-state index contributed by atoms with van der Waals surface area (Å²) in [5.41, 5.74) is -1.59. The van der Waals surface area contributed by atoms with Gasteiger partial charge in [-0.1, -0.05) is 13.8 Å². The van der Waals surface area contributed by atoms with Gasteiger partial charge in [-0.05, 0) is 55.2 Å². The third-order valence-corrected chi connectivity index (χ3v) is 6.25. The molecule has 0 unspecified atom stereocenters. The quantitative estimate of drug-likeness (QED) is 0.585. The molecule has 4 atom stereocenters. The molecule has 2 saturated carbocycles. The highest BCUT2D eigenvalue weighted by atomic mass is 16.8. The third-order valence-electron chi connectivity index (χ3n) is 6.25. The van der Waals surface area contributed by atoms with E-state index >= 15 is 0 Å². The molecular weight excluding hydrogens is 356 g/mol. The molecule has 0 heterocycles. The number of hydrogen-bond acceptors (Lipinski definition) is 9. The number of carbonyl (C=O) groups excluding carboxylic acids is 1. The van der Waals surface area contributed by atoms with Crippen LogP contribution in [0.25, 0.3) is 0 Å². The third kappa shape index (κ3) is 3.48. The summed E-state index contributed by atoms with van der Waals surface area (Å²) >= 11 is 0. The lowest BCUT2D eigenvalue weighted by atomic mass is 9.83. The number of benzene rings is 1. The van der Waals surface area contributed by atoms with Crippen molar-refractivity contribution in [1.29, 1.82) is 0 Å². The second kappa shape index (κ2) is 6.61. The largest absolute Gasteiger partial charge is 0.769 e. The van der Waals surface area contributed by atoms with Gasteiger partial charge in [0.2, 0.25) is 0 Å². The lowest BCUT2D eigenvalue weighted by Crippen LogP contribution is -2.47. The zero-order valence-corrected chi connectivity index (χ0v) is 15.7. The summed E-state index contributed by atoms with van der Waals surface area (Å²) in [5.74, 6) is 0.173. The Hall–Kier alpha value is -1.91. The van der Waals surface area contributed by atoms with E-state index in [-0.39, 0.29) is 28.0 Å². The Morgan fingerprint density at radius 3 is 2.33 bits per heavy atom. The van der Waals surface area contributed by atoms with Gasteiger partial charge in [0.15, 0.2) is 0 Å². The molecule has 2 fully saturated rings. The summed E-state index contributed by atoms with van der Waals surface area (Å²) in [6.45, 7) is 6.19. The van der Waals surface area contributed by atoms with Crippen LogP contribution in [0.15, 0.2) is 18.2 Å². The van der Waals surface area contributed by atoms with Crippen molar-refractivity contribution in [2.24, 2.45) is 17.3 Å². The Balaban J connectivity index is 1.86. The number of methoxy groups -OCH3 is 1. The Morgan fingerprint density at radius 2 is 1.78 bits per heavy atom. The SMILES string of the molecule is CO[C@@H]1C[C@@H]2[C@@H](C[C@]1(C)OC(=O)c1cc(N([O-])[O-])cc(N(O)O)c1)C2(C)C. The van der Waals surface area contributed by atoms with Crippen LogP contribution >= 0.6 is 0 Å². The number of rotatable bonds is 5. The molecular formula is C18H24N2O7-2. The molecule has 0 aliphatic heterocycles. The van der Waals surface area contributed by atoms with E-state index in [1.54, 1.807) is 7.11 Å². The Morgan fingerprint density at radius 1 is 1.15 bits per heavy atom. The van der Waals surface area contributed by atoms with E-state index in [1.165, 1.54) is 0 Å². The molecule has 2 N–H and O–H groups in total. The van der Waals surface area contributed by atoms with Gasteiger partial charge in [0, 0.05) is 12.8 Å². The van der Waals surface area contributed by atoms with Gasteiger partial charge in [0.25, 0.3) is 0 Å². The maximum atomic E-state index is 12.7. The highest BCUT2D eigenvalue weighted by Gasteiger charge is 2.65. The van der Waals surface area contributed by atoms with E-state index in [9.17, 15) is 25.6 Å². The average molecular weight is 380 g/mol. The van der Waals surface area contributed by atoms with Gasteiger partial charge in [-0.25, -0.2) is 4.79 Å². The smallest absolute Gasteiger partial charge is 0.338 e. The number of esters is 1. The molecule has 0 spiro atoms.